The van der Waals surface area contributed by atoms with Gasteiger partial charge in [0.05, 0.1) is 26.4 Å². The molecule has 2 amide bonds. The average Bonchev–Trinajstić information content (AvgIpc) is 2.80. The third kappa shape index (κ3) is 7.91. The Morgan fingerprint density at radius 3 is 1.81 bits per heavy atom. The molecule has 0 spiro atoms. The lowest BCUT2D eigenvalue weighted by atomic mass is 10.4. The molecule has 7 nitrogen and oxygen atoms in total. The van der Waals surface area contributed by atoms with E-state index in [-0.39, 0.29) is 11.8 Å². The van der Waals surface area contributed by atoms with Gasteiger partial charge in [0.2, 0.25) is 0 Å². The zero-order valence-electron chi connectivity index (χ0n) is 12.3. The van der Waals surface area contributed by atoms with E-state index in [4.69, 9.17) is 19.9 Å². The zero-order chi connectivity index (χ0) is 15.3. The Balaban J connectivity index is 1.81. The van der Waals surface area contributed by atoms with Crippen molar-refractivity contribution >= 4 is 11.8 Å². The van der Waals surface area contributed by atoms with E-state index < -0.39 is 0 Å². The van der Waals surface area contributed by atoms with Crippen molar-refractivity contribution in [3.05, 3.63) is 12.2 Å². The van der Waals surface area contributed by atoms with E-state index in [1.54, 1.807) is 0 Å². The summed E-state index contributed by atoms with van der Waals surface area (Å²) in [7, 11) is 0. The summed E-state index contributed by atoms with van der Waals surface area (Å²) in [6, 6.07) is 0. The molecule has 1 heterocycles. The van der Waals surface area contributed by atoms with Crippen molar-refractivity contribution in [1.82, 2.24) is 4.90 Å². The van der Waals surface area contributed by atoms with Crippen LogP contribution in [0.4, 0.5) is 0 Å². The second kappa shape index (κ2) is 11.4. The molecule has 0 aromatic rings. The average molecular weight is 300 g/mol. The summed E-state index contributed by atoms with van der Waals surface area (Å²) < 4.78 is 16.0. The molecule has 0 bridgehead atoms. The summed E-state index contributed by atoms with van der Waals surface area (Å²) in [5.74, 6) is -0.504. The first kappa shape index (κ1) is 17.8. The van der Waals surface area contributed by atoms with E-state index in [9.17, 15) is 9.59 Å². The van der Waals surface area contributed by atoms with Crippen LogP contribution in [0.5, 0.6) is 0 Å². The van der Waals surface area contributed by atoms with E-state index in [0.29, 0.717) is 59.2 Å². The van der Waals surface area contributed by atoms with E-state index in [1.807, 2.05) is 0 Å². The third-order valence-electron chi connectivity index (χ3n) is 2.81. The highest BCUT2D eigenvalue weighted by atomic mass is 16.5. The molecule has 1 rings (SSSR count). The van der Waals surface area contributed by atoms with Gasteiger partial charge in [0, 0.05) is 31.9 Å². The molecule has 1 aliphatic rings. The Hall–Kier alpha value is -1.28. The zero-order valence-corrected chi connectivity index (χ0v) is 12.3. The molecule has 0 saturated carbocycles. The van der Waals surface area contributed by atoms with Crippen LogP contribution in [0.15, 0.2) is 12.2 Å². The summed E-state index contributed by atoms with van der Waals surface area (Å²) in [6.45, 7) is 4.28. The van der Waals surface area contributed by atoms with Gasteiger partial charge in [-0.05, 0) is 19.4 Å². The number of hydrogen-bond acceptors (Lipinski definition) is 6. The lowest BCUT2D eigenvalue weighted by molar-refractivity contribution is -0.137. The highest BCUT2D eigenvalue weighted by Crippen LogP contribution is 2.03. The van der Waals surface area contributed by atoms with Crippen molar-refractivity contribution in [3.8, 4) is 0 Å². The van der Waals surface area contributed by atoms with Gasteiger partial charge in [0.1, 0.15) is 0 Å². The fourth-order valence-electron chi connectivity index (χ4n) is 1.70. The highest BCUT2D eigenvalue weighted by molar-refractivity contribution is 6.12. The van der Waals surface area contributed by atoms with Crippen molar-refractivity contribution < 1.29 is 23.8 Å². The maximum atomic E-state index is 11.3. The Labute approximate surface area is 125 Å². The minimum absolute atomic E-state index is 0.252. The Bertz CT molecular complexity index is 328. The molecule has 7 heteroatoms. The Morgan fingerprint density at radius 2 is 1.29 bits per heavy atom. The predicted octanol–water partition coefficient (Wildman–Crippen LogP) is -0.300. The molecular formula is C14H24N2O5. The van der Waals surface area contributed by atoms with Crippen LogP contribution >= 0.6 is 0 Å². The van der Waals surface area contributed by atoms with Gasteiger partial charge in [-0.1, -0.05) is 0 Å². The van der Waals surface area contributed by atoms with E-state index in [0.717, 1.165) is 6.42 Å². The van der Waals surface area contributed by atoms with Crippen LogP contribution in [0.3, 0.4) is 0 Å². The van der Waals surface area contributed by atoms with Crippen LogP contribution < -0.4 is 5.73 Å². The lowest BCUT2D eigenvalue weighted by Gasteiger charge is -2.13. The quantitative estimate of drug-likeness (QED) is 0.371. The van der Waals surface area contributed by atoms with Crippen LogP contribution in [0.25, 0.3) is 0 Å². The number of amides is 2. The van der Waals surface area contributed by atoms with Gasteiger partial charge in [-0.3, -0.25) is 14.5 Å². The fourth-order valence-corrected chi connectivity index (χ4v) is 1.70. The second-order valence-electron chi connectivity index (χ2n) is 4.49. The smallest absolute Gasteiger partial charge is 0.253 e. The molecule has 0 saturated heterocycles. The molecule has 120 valence electrons. The number of nitrogens with two attached hydrogens (primary N) is 1. The van der Waals surface area contributed by atoms with Crippen molar-refractivity contribution in [2.24, 2.45) is 5.73 Å². The number of imide groups is 1. The number of hydrogen-bond donors (Lipinski definition) is 1. The molecule has 0 atom stereocenters. The predicted molar refractivity (Wildman–Crippen MR) is 76.6 cm³/mol. The lowest BCUT2D eigenvalue weighted by Crippen LogP contribution is -2.31. The van der Waals surface area contributed by atoms with Crippen molar-refractivity contribution in [3.63, 3.8) is 0 Å². The molecule has 2 N–H and O–H groups in total. The molecule has 21 heavy (non-hydrogen) atoms. The highest BCUT2D eigenvalue weighted by Gasteiger charge is 2.22. The number of ether oxygens (including phenoxy) is 3. The molecule has 0 unspecified atom stereocenters. The van der Waals surface area contributed by atoms with E-state index in [2.05, 4.69) is 0 Å². The molecule has 0 radical (unpaired) electrons. The van der Waals surface area contributed by atoms with Gasteiger partial charge in [-0.15, -0.1) is 0 Å². The van der Waals surface area contributed by atoms with Gasteiger partial charge in [-0.25, -0.2) is 0 Å². The normalized spacial score (nSPS) is 14.4. The van der Waals surface area contributed by atoms with E-state index in [1.165, 1.54) is 17.1 Å². The topological polar surface area (TPSA) is 91.1 Å². The number of nitrogens with zero attached hydrogens (tertiary/aromatic N) is 1. The van der Waals surface area contributed by atoms with Crippen molar-refractivity contribution in [1.29, 1.82) is 0 Å². The van der Waals surface area contributed by atoms with Gasteiger partial charge in [0.25, 0.3) is 11.8 Å². The molecule has 0 aliphatic carbocycles. The first-order valence-electron chi connectivity index (χ1n) is 7.22. The summed E-state index contributed by atoms with van der Waals surface area (Å²) in [5.41, 5.74) is 5.33. The SMILES string of the molecule is NCCCOCCOCCOCCCN1C(=O)C=CC1=O. The minimum atomic E-state index is -0.252. The van der Waals surface area contributed by atoms with Crippen LogP contribution in [-0.4, -0.2) is 69.4 Å². The minimum Gasteiger partial charge on any atom is -0.379 e. The van der Waals surface area contributed by atoms with Crippen molar-refractivity contribution in [2.45, 2.75) is 12.8 Å². The Morgan fingerprint density at radius 1 is 0.810 bits per heavy atom. The second-order valence-corrected chi connectivity index (χ2v) is 4.49. The summed E-state index contributed by atoms with van der Waals surface area (Å²) in [5, 5.41) is 0. The largest absolute Gasteiger partial charge is 0.379 e. The van der Waals surface area contributed by atoms with Gasteiger partial charge >= 0.3 is 0 Å². The summed E-state index contributed by atoms with van der Waals surface area (Å²) in [4.78, 5) is 23.7. The monoisotopic (exact) mass is 300 g/mol. The van der Waals surface area contributed by atoms with Crippen LogP contribution in [0, 0.1) is 0 Å². The maximum Gasteiger partial charge on any atom is 0.253 e. The summed E-state index contributed by atoms with van der Waals surface area (Å²) >= 11 is 0. The van der Waals surface area contributed by atoms with Gasteiger partial charge in [-0.2, -0.15) is 0 Å². The molecule has 0 aromatic carbocycles. The summed E-state index contributed by atoms with van der Waals surface area (Å²) in [6.07, 6.45) is 4.06. The molecular weight excluding hydrogens is 276 g/mol. The van der Waals surface area contributed by atoms with Crippen LogP contribution in [0.2, 0.25) is 0 Å². The standard InChI is InChI=1S/C14H24N2O5/c15-5-1-7-19-9-11-21-12-10-20-8-2-6-16-13(17)3-4-14(16)18/h3-4H,1-2,5-12,15H2. The van der Waals surface area contributed by atoms with Crippen molar-refractivity contribution in [2.75, 3.05) is 52.7 Å². The number of carbonyl (C=O) groups is 2. The van der Waals surface area contributed by atoms with Gasteiger partial charge < -0.3 is 19.9 Å². The first-order valence-corrected chi connectivity index (χ1v) is 7.22. The molecule has 0 aromatic heterocycles. The Kier molecular flexibility index (Phi) is 9.64. The maximum absolute atomic E-state index is 11.3. The van der Waals surface area contributed by atoms with Gasteiger partial charge in [0.15, 0.2) is 0 Å². The number of carbonyl (C=O) groups excluding carboxylic acids is 2. The molecule has 1 aliphatic heterocycles. The van der Waals surface area contributed by atoms with Crippen LogP contribution in [-0.2, 0) is 23.8 Å². The number of rotatable bonds is 13. The van der Waals surface area contributed by atoms with Crippen LogP contribution in [0.1, 0.15) is 12.8 Å². The fraction of sp³-hybridized carbons (Fsp3) is 0.714. The molecule has 0 fully saturated rings. The first-order chi connectivity index (χ1) is 10.3. The third-order valence-corrected chi connectivity index (χ3v) is 2.81. The van der Waals surface area contributed by atoms with E-state index >= 15 is 0 Å².